The van der Waals surface area contributed by atoms with Crippen molar-refractivity contribution < 1.29 is 19.1 Å². The highest BCUT2D eigenvalue weighted by molar-refractivity contribution is 6.14. The lowest BCUT2D eigenvalue weighted by Gasteiger charge is -2.10. The zero-order valence-electron chi connectivity index (χ0n) is 16.2. The third kappa shape index (κ3) is 3.74. The Kier molecular flexibility index (Phi) is 6.08. The van der Waals surface area contributed by atoms with Crippen LogP contribution in [0.5, 0.6) is 0 Å². The number of carbonyl (C=O) groups is 2. The minimum absolute atomic E-state index is 0.160. The first-order valence-corrected chi connectivity index (χ1v) is 8.68. The smallest absolute Gasteiger partial charge is 0.347 e. The van der Waals surface area contributed by atoms with Crippen LogP contribution >= 0.6 is 0 Å². The van der Waals surface area contributed by atoms with Gasteiger partial charge in [-0.15, -0.1) is 0 Å². The van der Waals surface area contributed by atoms with Gasteiger partial charge < -0.3 is 19.4 Å². The highest BCUT2D eigenvalue weighted by Crippen LogP contribution is 2.29. The molecule has 2 rings (SSSR count). The standard InChI is InChI=1S/C20H26N2O4/c1-7-25-19(23)16(20(24)26-8-2)11-21-17-10-18-15(9-12(17)3)13(4)14(5)22(18)6/h9-11,21H,7-8H2,1-6H3. The second-order valence-electron chi connectivity index (χ2n) is 6.10. The van der Waals surface area contributed by atoms with Crippen LogP contribution < -0.4 is 5.32 Å². The molecule has 1 N–H and O–H groups in total. The van der Waals surface area contributed by atoms with Crippen LogP contribution in [0, 0.1) is 20.8 Å². The number of aryl methyl sites for hydroxylation is 3. The van der Waals surface area contributed by atoms with Crippen molar-refractivity contribution in [2.45, 2.75) is 34.6 Å². The molecule has 2 aromatic rings. The van der Waals surface area contributed by atoms with Crippen molar-refractivity contribution in [3.05, 3.63) is 40.7 Å². The van der Waals surface area contributed by atoms with Crippen LogP contribution in [0.2, 0.25) is 0 Å². The Bertz CT molecular complexity index is 858. The summed E-state index contributed by atoms with van der Waals surface area (Å²) >= 11 is 0. The van der Waals surface area contributed by atoms with Crippen LogP contribution in [-0.4, -0.2) is 29.7 Å². The number of hydrogen-bond acceptors (Lipinski definition) is 5. The van der Waals surface area contributed by atoms with Gasteiger partial charge in [0.15, 0.2) is 5.57 Å². The molecule has 0 saturated carbocycles. The van der Waals surface area contributed by atoms with Crippen LogP contribution in [0.3, 0.4) is 0 Å². The fraction of sp³-hybridized carbons (Fsp3) is 0.400. The van der Waals surface area contributed by atoms with Gasteiger partial charge in [-0.3, -0.25) is 0 Å². The van der Waals surface area contributed by atoms with Gasteiger partial charge in [0.05, 0.1) is 18.7 Å². The fourth-order valence-corrected chi connectivity index (χ4v) is 2.83. The average molecular weight is 358 g/mol. The molecular formula is C20H26N2O4. The quantitative estimate of drug-likeness (QED) is 0.370. The Morgan fingerprint density at radius 1 is 1.08 bits per heavy atom. The summed E-state index contributed by atoms with van der Waals surface area (Å²) in [5, 5.41) is 4.25. The first-order chi connectivity index (χ1) is 12.3. The number of aromatic nitrogens is 1. The number of ether oxygens (including phenoxy) is 2. The van der Waals surface area contributed by atoms with Crippen molar-refractivity contribution >= 4 is 28.5 Å². The lowest BCUT2D eigenvalue weighted by atomic mass is 10.1. The Morgan fingerprint density at radius 2 is 1.65 bits per heavy atom. The van der Waals surface area contributed by atoms with Crippen molar-refractivity contribution in [1.29, 1.82) is 0 Å². The molecule has 0 amide bonds. The van der Waals surface area contributed by atoms with Gasteiger partial charge in [-0.2, -0.15) is 0 Å². The second-order valence-corrected chi connectivity index (χ2v) is 6.10. The number of nitrogens with zero attached hydrogens (tertiary/aromatic N) is 1. The second kappa shape index (κ2) is 8.08. The van der Waals surface area contributed by atoms with Gasteiger partial charge in [0.25, 0.3) is 0 Å². The van der Waals surface area contributed by atoms with Gasteiger partial charge in [0.2, 0.25) is 0 Å². The van der Waals surface area contributed by atoms with Crippen LogP contribution in [0.25, 0.3) is 10.9 Å². The Morgan fingerprint density at radius 3 is 2.19 bits per heavy atom. The van der Waals surface area contributed by atoms with E-state index in [1.165, 1.54) is 22.8 Å². The average Bonchev–Trinajstić information content (AvgIpc) is 2.80. The van der Waals surface area contributed by atoms with Crippen LogP contribution in [-0.2, 0) is 26.1 Å². The minimum Gasteiger partial charge on any atom is -0.462 e. The molecule has 0 fully saturated rings. The van der Waals surface area contributed by atoms with E-state index in [4.69, 9.17) is 9.47 Å². The van der Waals surface area contributed by atoms with E-state index in [1.54, 1.807) is 13.8 Å². The molecule has 1 heterocycles. The van der Waals surface area contributed by atoms with Crippen LogP contribution in [0.15, 0.2) is 23.9 Å². The number of carbonyl (C=O) groups excluding carboxylic acids is 2. The predicted octanol–water partition coefficient (Wildman–Crippen LogP) is 3.53. The summed E-state index contributed by atoms with van der Waals surface area (Å²) < 4.78 is 12.0. The molecule has 26 heavy (non-hydrogen) atoms. The first kappa shape index (κ1) is 19.6. The largest absolute Gasteiger partial charge is 0.462 e. The van der Waals surface area contributed by atoms with Crippen molar-refractivity contribution in [3.8, 4) is 0 Å². The zero-order chi connectivity index (χ0) is 19.4. The Balaban J connectivity index is 2.42. The fourth-order valence-electron chi connectivity index (χ4n) is 2.83. The van der Waals surface area contributed by atoms with Gasteiger partial charge in [-0.05, 0) is 57.9 Å². The first-order valence-electron chi connectivity index (χ1n) is 8.68. The van der Waals surface area contributed by atoms with Gasteiger partial charge in [0, 0.05) is 30.0 Å². The third-order valence-electron chi connectivity index (χ3n) is 4.52. The lowest BCUT2D eigenvalue weighted by molar-refractivity contribution is -0.146. The maximum absolute atomic E-state index is 12.0. The number of anilines is 1. The normalized spacial score (nSPS) is 10.5. The number of fused-ring (bicyclic) bond motifs is 1. The number of nitrogens with one attached hydrogen (secondary N) is 1. The van der Waals surface area contributed by atoms with Crippen molar-refractivity contribution in [2.75, 3.05) is 18.5 Å². The van der Waals surface area contributed by atoms with Crippen LogP contribution in [0.1, 0.15) is 30.7 Å². The molecule has 0 aliphatic rings. The highest BCUT2D eigenvalue weighted by atomic mass is 16.6. The molecular weight excluding hydrogens is 332 g/mol. The topological polar surface area (TPSA) is 69.6 Å². The summed E-state index contributed by atoms with van der Waals surface area (Å²) in [6.07, 6.45) is 1.35. The summed E-state index contributed by atoms with van der Waals surface area (Å²) in [7, 11) is 2.02. The van der Waals surface area contributed by atoms with E-state index in [2.05, 4.69) is 29.8 Å². The molecule has 0 saturated heterocycles. The summed E-state index contributed by atoms with van der Waals surface area (Å²) in [6, 6.07) is 4.11. The maximum atomic E-state index is 12.0. The monoisotopic (exact) mass is 358 g/mol. The van der Waals surface area contributed by atoms with Gasteiger partial charge in [-0.1, -0.05) is 0 Å². The van der Waals surface area contributed by atoms with E-state index in [9.17, 15) is 9.59 Å². The summed E-state index contributed by atoms with van der Waals surface area (Å²) in [5.74, 6) is -1.41. The van der Waals surface area contributed by atoms with E-state index < -0.39 is 11.9 Å². The highest BCUT2D eigenvalue weighted by Gasteiger charge is 2.21. The molecule has 1 aromatic carbocycles. The van der Waals surface area contributed by atoms with E-state index in [-0.39, 0.29) is 18.8 Å². The number of benzene rings is 1. The van der Waals surface area contributed by atoms with Crippen LogP contribution in [0.4, 0.5) is 5.69 Å². The molecule has 0 spiro atoms. The number of hydrogen-bond donors (Lipinski definition) is 1. The number of esters is 2. The van der Waals surface area contributed by atoms with Crippen molar-refractivity contribution in [3.63, 3.8) is 0 Å². The predicted molar refractivity (Wildman–Crippen MR) is 102 cm³/mol. The molecule has 1 aromatic heterocycles. The molecule has 0 bridgehead atoms. The summed E-state index contributed by atoms with van der Waals surface area (Å²) in [4.78, 5) is 24.1. The molecule has 6 nitrogen and oxygen atoms in total. The number of rotatable bonds is 6. The van der Waals surface area contributed by atoms with Crippen molar-refractivity contribution in [1.82, 2.24) is 4.57 Å². The molecule has 0 radical (unpaired) electrons. The molecule has 140 valence electrons. The molecule has 0 unspecified atom stereocenters. The van der Waals surface area contributed by atoms with E-state index >= 15 is 0 Å². The molecule has 0 aliphatic carbocycles. The Labute approximate surface area is 153 Å². The lowest BCUT2D eigenvalue weighted by Crippen LogP contribution is -2.19. The summed E-state index contributed by atoms with van der Waals surface area (Å²) in [6.45, 7) is 9.90. The third-order valence-corrected chi connectivity index (χ3v) is 4.52. The van der Waals surface area contributed by atoms with E-state index in [0.717, 1.165) is 16.8 Å². The SMILES string of the molecule is CCOC(=O)C(=CNc1cc2c(cc1C)c(C)c(C)n2C)C(=O)OCC. The minimum atomic E-state index is -0.706. The zero-order valence-corrected chi connectivity index (χ0v) is 16.2. The summed E-state index contributed by atoms with van der Waals surface area (Å²) in [5.41, 5.74) is 5.18. The molecule has 0 atom stereocenters. The van der Waals surface area contributed by atoms with Crippen molar-refractivity contribution in [2.24, 2.45) is 7.05 Å². The molecule has 0 aliphatic heterocycles. The Hall–Kier alpha value is -2.76. The van der Waals surface area contributed by atoms with Gasteiger partial charge >= 0.3 is 11.9 Å². The van der Waals surface area contributed by atoms with E-state index in [0.29, 0.717) is 0 Å². The maximum Gasteiger partial charge on any atom is 0.347 e. The van der Waals surface area contributed by atoms with E-state index in [1.807, 2.05) is 20.0 Å². The van der Waals surface area contributed by atoms with Gasteiger partial charge in [-0.25, -0.2) is 9.59 Å². The van der Waals surface area contributed by atoms with Gasteiger partial charge in [0.1, 0.15) is 0 Å². The molecule has 6 heteroatoms.